The van der Waals surface area contributed by atoms with Gasteiger partial charge in [-0.2, -0.15) is 23.5 Å². The average Bonchev–Trinajstić information content (AvgIpc) is 3.27. The Morgan fingerprint density at radius 3 is 2.33 bits per heavy atom. The van der Waals surface area contributed by atoms with Crippen molar-refractivity contribution in [2.45, 2.75) is 13.1 Å². The fourth-order valence-electron chi connectivity index (χ4n) is 3.47. The van der Waals surface area contributed by atoms with Gasteiger partial charge in [0.2, 0.25) is 0 Å². The number of aromatic nitrogens is 4. The molecule has 0 saturated carbocycles. The monoisotopic (exact) mass is 413 g/mol. The van der Waals surface area contributed by atoms with Gasteiger partial charge in [0.1, 0.15) is 17.7 Å². The van der Waals surface area contributed by atoms with Crippen molar-refractivity contribution < 1.29 is 13.2 Å². The lowest BCUT2D eigenvalue weighted by molar-refractivity contribution is -0.137. The van der Waals surface area contributed by atoms with Crippen molar-refractivity contribution in [2.75, 3.05) is 36.0 Å². The summed E-state index contributed by atoms with van der Waals surface area (Å²) < 4.78 is 40.5. The standard InChI is InChI=1S/C20H18F3N7/c1-14-26-18(12-19(27-14)30-6-2-5-25-30)29-9-7-28(8-10-29)17-4-3-16(20(21,22)23)11-15(17)13-24/h2-6,11-12H,7-10H2,1H3. The van der Waals surface area contributed by atoms with Gasteiger partial charge in [-0.25, -0.2) is 14.6 Å². The predicted octanol–water partition coefficient (Wildman–Crippen LogP) is 3.19. The molecule has 3 aromatic rings. The normalized spacial score (nSPS) is 14.6. The van der Waals surface area contributed by atoms with Gasteiger partial charge in [-0.1, -0.05) is 0 Å². The highest BCUT2D eigenvalue weighted by Crippen LogP contribution is 2.33. The van der Waals surface area contributed by atoms with Crippen LogP contribution in [-0.4, -0.2) is 45.9 Å². The summed E-state index contributed by atoms with van der Waals surface area (Å²) in [4.78, 5) is 12.9. The van der Waals surface area contributed by atoms with Gasteiger partial charge < -0.3 is 9.80 Å². The van der Waals surface area contributed by atoms with E-state index in [1.54, 1.807) is 17.1 Å². The minimum atomic E-state index is -4.47. The number of nitrogens with zero attached hydrogens (tertiary/aromatic N) is 7. The van der Waals surface area contributed by atoms with Crippen molar-refractivity contribution in [3.05, 3.63) is 59.7 Å². The van der Waals surface area contributed by atoms with E-state index in [2.05, 4.69) is 20.0 Å². The van der Waals surface area contributed by atoms with Crippen LogP contribution in [0.2, 0.25) is 0 Å². The Balaban J connectivity index is 1.52. The van der Waals surface area contributed by atoms with Crippen molar-refractivity contribution in [3.63, 3.8) is 0 Å². The molecule has 3 heterocycles. The second kappa shape index (κ2) is 7.67. The lowest BCUT2D eigenvalue weighted by Gasteiger charge is -2.37. The molecular weight excluding hydrogens is 395 g/mol. The Morgan fingerprint density at radius 2 is 1.70 bits per heavy atom. The maximum atomic E-state index is 12.9. The van der Waals surface area contributed by atoms with E-state index in [-0.39, 0.29) is 5.56 Å². The average molecular weight is 413 g/mol. The number of halogens is 3. The van der Waals surface area contributed by atoms with Crippen molar-refractivity contribution in [1.29, 1.82) is 5.26 Å². The Hall–Kier alpha value is -3.61. The highest BCUT2D eigenvalue weighted by atomic mass is 19.4. The Kier molecular flexibility index (Phi) is 5.03. The van der Waals surface area contributed by atoms with Gasteiger partial charge >= 0.3 is 6.18 Å². The lowest BCUT2D eigenvalue weighted by Crippen LogP contribution is -2.47. The second-order valence-corrected chi connectivity index (χ2v) is 6.90. The summed E-state index contributed by atoms with van der Waals surface area (Å²) in [5, 5.41) is 13.5. The molecule has 0 atom stereocenters. The summed E-state index contributed by atoms with van der Waals surface area (Å²) in [6.07, 6.45) is -0.996. The van der Waals surface area contributed by atoms with Crippen LogP contribution in [0.4, 0.5) is 24.7 Å². The number of rotatable bonds is 3. The summed E-state index contributed by atoms with van der Waals surface area (Å²) in [5.41, 5.74) is -0.276. The maximum Gasteiger partial charge on any atom is 0.416 e. The zero-order valence-corrected chi connectivity index (χ0v) is 16.1. The first-order chi connectivity index (χ1) is 14.3. The Morgan fingerprint density at radius 1 is 1.00 bits per heavy atom. The maximum absolute atomic E-state index is 12.9. The molecule has 0 unspecified atom stereocenters. The number of hydrogen-bond donors (Lipinski definition) is 0. The number of hydrogen-bond acceptors (Lipinski definition) is 6. The van der Waals surface area contributed by atoms with Gasteiger partial charge in [0.05, 0.1) is 16.8 Å². The van der Waals surface area contributed by atoms with Gasteiger partial charge in [0.25, 0.3) is 0 Å². The predicted molar refractivity (Wildman–Crippen MR) is 104 cm³/mol. The molecule has 0 aliphatic carbocycles. The molecule has 7 nitrogen and oxygen atoms in total. The van der Waals surface area contributed by atoms with Crippen molar-refractivity contribution in [3.8, 4) is 11.9 Å². The lowest BCUT2D eigenvalue weighted by atomic mass is 10.1. The third-order valence-corrected chi connectivity index (χ3v) is 4.94. The first-order valence-electron chi connectivity index (χ1n) is 9.32. The molecule has 1 saturated heterocycles. The topological polar surface area (TPSA) is 73.9 Å². The van der Waals surface area contributed by atoms with Crippen LogP contribution in [0.25, 0.3) is 5.82 Å². The van der Waals surface area contributed by atoms with Crippen LogP contribution < -0.4 is 9.80 Å². The van der Waals surface area contributed by atoms with Crippen LogP contribution >= 0.6 is 0 Å². The SMILES string of the molecule is Cc1nc(N2CCN(c3ccc(C(F)(F)F)cc3C#N)CC2)cc(-n2cccn2)n1. The van der Waals surface area contributed by atoms with E-state index in [9.17, 15) is 18.4 Å². The van der Waals surface area contributed by atoms with Gasteiger partial charge in [-0.05, 0) is 31.2 Å². The smallest absolute Gasteiger partial charge is 0.367 e. The minimum absolute atomic E-state index is 0.0251. The molecule has 1 aliphatic rings. The molecule has 4 rings (SSSR count). The number of anilines is 2. The van der Waals surface area contributed by atoms with Crippen molar-refractivity contribution in [1.82, 2.24) is 19.7 Å². The number of alkyl halides is 3. The third kappa shape index (κ3) is 3.91. The fraction of sp³-hybridized carbons (Fsp3) is 0.300. The first-order valence-corrected chi connectivity index (χ1v) is 9.32. The van der Waals surface area contributed by atoms with Gasteiger partial charge in [0, 0.05) is 44.6 Å². The van der Waals surface area contributed by atoms with Crippen molar-refractivity contribution >= 4 is 11.5 Å². The van der Waals surface area contributed by atoms with Crippen LogP contribution in [0.1, 0.15) is 17.0 Å². The molecule has 1 aliphatic heterocycles. The second-order valence-electron chi connectivity index (χ2n) is 6.90. The van der Waals surface area contributed by atoms with E-state index in [1.165, 1.54) is 6.07 Å². The van der Waals surface area contributed by atoms with E-state index in [0.717, 1.165) is 18.0 Å². The van der Waals surface area contributed by atoms with Gasteiger partial charge in [-0.3, -0.25) is 0 Å². The molecule has 2 aromatic heterocycles. The highest BCUT2D eigenvalue weighted by molar-refractivity contribution is 5.62. The van der Waals surface area contributed by atoms with Gasteiger partial charge in [0.15, 0.2) is 5.82 Å². The molecule has 30 heavy (non-hydrogen) atoms. The van der Waals surface area contributed by atoms with E-state index in [1.807, 2.05) is 30.0 Å². The molecule has 0 amide bonds. The fourth-order valence-corrected chi connectivity index (χ4v) is 3.47. The van der Waals surface area contributed by atoms with Gasteiger partial charge in [-0.15, -0.1) is 0 Å². The zero-order chi connectivity index (χ0) is 21.3. The Bertz CT molecular complexity index is 1080. The summed E-state index contributed by atoms with van der Waals surface area (Å²) >= 11 is 0. The number of aryl methyl sites for hydroxylation is 1. The zero-order valence-electron chi connectivity index (χ0n) is 16.1. The molecule has 10 heteroatoms. The number of nitriles is 1. The molecule has 154 valence electrons. The van der Waals surface area contributed by atoms with Crippen LogP contribution in [0.3, 0.4) is 0 Å². The van der Waals surface area contributed by atoms with E-state index >= 15 is 0 Å². The van der Waals surface area contributed by atoms with Crippen LogP contribution in [-0.2, 0) is 6.18 Å². The minimum Gasteiger partial charge on any atom is -0.367 e. The number of piperazine rings is 1. The molecular formula is C20H18F3N7. The molecule has 0 spiro atoms. The highest BCUT2D eigenvalue weighted by Gasteiger charge is 2.32. The first kappa shape index (κ1) is 19.7. The number of benzene rings is 1. The summed E-state index contributed by atoms with van der Waals surface area (Å²) in [6, 6.07) is 8.87. The molecule has 0 radical (unpaired) electrons. The van der Waals surface area contributed by atoms with E-state index in [4.69, 9.17) is 0 Å². The van der Waals surface area contributed by atoms with Crippen molar-refractivity contribution in [2.24, 2.45) is 0 Å². The summed E-state index contributed by atoms with van der Waals surface area (Å²) in [5.74, 6) is 2.05. The summed E-state index contributed by atoms with van der Waals surface area (Å²) in [7, 11) is 0. The van der Waals surface area contributed by atoms with E-state index in [0.29, 0.717) is 43.5 Å². The van der Waals surface area contributed by atoms with Crippen LogP contribution in [0.5, 0.6) is 0 Å². The van der Waals surface area contributed by atoms with Crippen LogP contribution in [0.15, 0.2) is 42.7 Å². The molecule has 0 bridgehead atoms. The molecule has 1 fully saturated rings. The molecule has 1 aromatic carbocycles. The Labute approximate surface area is 171 Å². The third-order valence-electron chi connectivity index (χ3n) is 4.94. The summed E-state index contributed by atoms with van der Waals surface area (Å²) in [6.45, 7) is 4.15. The quantitative estimate of drug-likeness (QED) is 0.657. The molecule has 0 N–H and O–H groups in total. The van der Waals surface area contributed by atoms with Crippen LogP contribution in [0, 0.1) is 18.3 Å². The largest absolute Gasteiger partial charge is 0.416 e. The van der Waals surface area contributed by atoms with E-state index < -0.39 is 11.7 Å².